The third-order valence-corrected chi connectivity index (χ3v) is 2.64. The average Bonchev–Trinajstić information content (AvgIpc) is 2.07. The monoisotopic (exact) mass is 215 g/mol. The van der Waals surface area contributed by atoms with Gasteiger partial charge in [0.2, 0.25) is 10.0 Å². The number of rotatable bonds is 3. The van der Waals surface area contributed by atoms with Crippen molar-refractivity contribution in [1.82, 2.24) is 0 Å². The van der Waals surface area contributed by atoms with E-state index < -0.39 is 10.0 Å². The summed E-state index contributed by atoms with van der Waals surface area (Å²) in [5.74, 6) is 0.306. The largest absolute Gasteiger partial charge is 0.492 e. The van der Waals surface area contributed by atoms with Crippen LogP contribution in [0.4, 0.5) is 0 Å². The number of benzene rings is 1. The summed E-state index contributed by atoms with van der Waals surface area (Å²) in [6.45, 7) is 3.99. The van der Waals surface area contributed by atoms with Gasteiger partial charge in [0.1, 0.15) is 10.6 Å². The molecule has 0 saturated heterocycles. The number of primary sulfonamides is 1. The first-order chi connectivity index (χ1) is 6.45. The maximum atomic E-state index is 11.2. The molecule has 1 aromatic rings. The fourth-order valence-corrected chi connectivity index (χ4v) is 1.87. The van der Waals surface area contributed by atoms with Crippen LogP contribution in [0.5, 0.6) is 5.75 Å². The highest BCUT2D eigenvalue weighted by Gasteiger charge is 2.14. The van der Waals surface area contributed by atoms with Gasteiger partial charge in [0.25, 0.3) is 0 Å². The van der Waals surface area contributed by atoms with Crippen molar-refractivity contribution in [2.45, 2.75) is 18.7 Å². The fourth-order valence-electron chi connectivity index (χ4n) is 1.11. The van der Waals surface area contributed by atoms with Crippen LogP contribution < -0.4 is 9.88 Å². The molecular weight excluding hydrogens is 202 g/mol. The number of hydrogen-bond acceptors (Lipinski definition) is 3. The lowest BCUT2D eigenvalue weighted by Gasteiger charge is -2.08. The number of hydrogen-bond donors (Lipinski definition) is 1. The molecule has 4 nitrogen and oxygen atoms in total. The predicted molar refractivity (Wildman–Crippen MR) is 53.7 cm³/mol. The lowest BCUT2D eigenvalue weighted by atomic mass is 10.2. The van der Waals surface area contributed by atoms with Crippen LogP contribution in [0.3, 0.4) is 0 Å². The molecule has 0 aliphatic rings. The average molecular weight is 215 g/mol. The molecule has 78 valence electrons. The molecule has 5 heteroatoms. The molecule has 0 heterocycles. The second-order valence-corrected chi connectivity index (χ2v) is 4.46. The van der Waals surface area contributed by atoms with Crippen LogP contribution in [-0.4, -0.2) is 15.0 Å². The topological polar surface area (TPSA) is 69.4 Å². The SMILES string of the molecule is CCOc1ccc(C)cc1S(N)(=O)=O. The van der Waals surface area contributed by atoms with Crippen molar-refractivity contribution in [3.8, 4) is 5.75 Å². The quantitative estimate of drug-likeness (QED) is 0.819. The molecule has 0 aliphatic heterocycles. The maximum absolute atomic E-state index is 11.2. The summed E-state index contributed by atoms with van der Waals surface area (Å²) in [7, 11) is -3.70. The minimum Gasteiger partial charge on any atom is -0.492 e. The molecule has 14 heavy (non-hydrogen) atoms. The second kappa shape index (κ2) is 3.98. The summed E-state index contributed by atoms with van der Waals surface area (Å²) in [5, 5.41) is 5.05. The van der Waals surface area contributed by atoms with E-state index in [0.29, 0.717) is 12.4 Å². The zero-order chi connectivity index (χ0) is 10.8. The molecule has 1 aromatic carbocycles. The van der Waals surface area contributed by atoms with Gasteiger partial charge in [-0.25, -0.2) is 13.6 Å². The lowest BCUT2D eigenvalue weighted by Crippen LogP contribution is -2.14. The van der Waals surface area contributed by atoms with Crippen LogP contribution in [0.15, 0.2) is 23.1 Å². The van der Waals surface area contributed by atoms with E-state index in [0.717, 1.165) is 5.56 Å². The van der Waals surface area contributed by atoms with Gasteiger partial charge < -0.3 is 4.74 Å². The zero-order valence-electron chi connectivity index (χ0n) is 8.15. The minimum absolute atomic E-state index is 0.0411. The smallest absolute Gasteiger partial charge is 0.241 e. The van der Waals surface area contributed by atoms with E-state index in [2.05, 4.69) is 0 Å². The standard InChI is InChI=1S/C9H13NO3S/c1-3-13-8-5-4-7(2)6-9(8)14(10,11)12/h4-6H,3H2,1-2H3,(H2,10,11,12). The van der Waals surface area contributed by atoms with E-state index in [1.807, 2.05) is 0 Å². The third kappa shape index (κ3) is 2.46. The zero-order valence-corrected chi connectivity index (χ0v) is 8.97. The van der Waals surface area contributed by atoms with Gasteiger partial charge in [0, 0.05) is 0 Å². The Morgan fingerprint density at radius 1 is 1.43 bits per heavy atom. The molecule has 1 rings (SSSR count). The summed E-state index contributed by atoms with van der Waals surface area (Å²) in [6, 6.07) is 4.89. The first kappa shape index (κ1) is 11.0. The molecular formula is C9H13NO3S. The first-order valence-corrected chi connectivity index (χ1v) is 5.76. The van der Waals surface area contributed by atoms with Crippen LogP contribution in [0.1, 0.15) is 12.5 Å². The Labute approximate surface area is 83.7 Å². The summed E-state index contributed by atoms with van der Waals surface area (Å²) in [4.78, 5) is 0.0411. The third-order valence-electron chi connectivity index (χ3n) is 1.71. The van der Waals surface area contributed by atoms with Gasteiger partial charge >= 0.3 is 0 Å². The van der Waals surface area contributed by atoms with Crippen LogP contribution >= 0.6 is 0 Å². The van der Waals surface area contributed by atoms with Crippen molar-refractivity contribution >= 4 is 10.0 Å². The summed E-state index contributed by atoms with van der Waals surface area (Å²) in [5.41, 5.74) is 0.831. The minimum atomic E-state index is -3.70. The van der Waals surface area contributed by atoms with Gasteiger partial charge in [0.15, 0.2) is 0 Å². The molecule has 2 N–H and O–H groups in total. The second-order valence-electron chi connectivity index (χ2n) is 2.93. The van der Waals surface area contributed by atoms with Crippen molar-refractivity contribution in [1.29, 1.82) is 0 Å². The van der Waals surface area contributed by atoms with E-state index >= 15 is 0 Å². The molecule has 0 aromatic heterocycles. The molecule has 0 aliphatic carbocycles. The van der Waals surface area contributed by atoms with Crippen LogP contribution in [0, 0.1) is 6.92 Å². The van der Waals surface area contributed by atoms with Gasteiger partial charge in [0.05, 0.1) is 6.61 Å². The summed E-state index contributed by atoms with van der Waals surface area (Å²) >= 11 is 0. The Morgan fingerprint density at radius 3 is 2.57 bits per heavy atom. The van der Waals surface area contributed by atoms with Crippen molar-refractivity contribution in [3.05, 3.63) is 23.8 Å². The van der Waals surface area contributed by atoms with E-state index in [-0.39, 0.29) is 4.90 Å². The number of nitrogens with two attached hydrogens (primary N) is 1. The molecule has 0 saturated carbocycles. The Kier molecular flexibility index (Phi) is 3.13. The van der Waals surface area contributed by atoms with Crippen LogP contribution in [0.2, 0.25) is 0 Å². The maximum Gasteiger partial charge on any atom is 0.241 e. The number of ether oxygens (including phenoxy) is 1. The van der Waals surface area contributed by atoms with Crippen molar-refractivity contribution in [2.75, 3.05) is 6.61 Å². The molecule has 0 amide bonds. The van der Waals surface area contributed by atoms with Gasteiger partial charge in [-0.3, -0.25) is 0 Å². The highest BCUT2D eigenvalue weighted by atomic mass is 32.2. The normalized spacial score (nSPS) is 11.4. The fraction of sp³-hybridized carbons (Fsp3) is 0.333. The van der Waals surface area contributed by atoms with Gasteiger partial charge in [-0.15, -0.1) is 0 Å². The Morgan fingerprint density at radius 2 is 2.07 bits per heavy atom. The van der Waals surface area contributed by atoms with E-state index in [9.17, 15) is 8.42 Å². The van der Waals surface area contributed by atoms with Crippen LogP contribution in [0.25, 0.3) is 0 Å². The molecule has 0 spiro atoms. The Bertz CT molecular complexity index is 426. The molecule has 0 bridgehead atoms. The van der Waals surface area contributed by atoms with Crippen molar-refractivity contribution in [3.63, 3.8) is 0 Å². The van der Waals surface area contributed by atoms with E-state index in [1.54, 1.807) is 26.0 Å². The van der Waals surface area contributed by atoms with E-state index in [1.165, 1.54) is 6.07 Å². The van der Waals surface area contributed by atoms with Crippen molar-refractivity contribution in [2.24, 2.45) is 5.14 Å². The van der Waals surface area contributed by atoms with Crippen molar-refractivity contribution < 1.29 is 13.2 Å². The Hall–Kier alpha value is -1.07. The molecule has 0 radical (unpaired) electrons. The number of aryl methyl sites for hydroxylation is 1. The van der Waals surface area contributed by atoms with Gasteiger partial charge in [-0.05, 0) is 31.5 Å². The Balaban J connectivity index is 3.30. The first-order valence-electron chi connectivity index (χ1n) is 4.21. The van der Waals surface area contributed by atoms with Gasteiger partial charge in [-0.2, -0.15) is 0 Å². The van der Waals surface area contributed by atoms with Gasteiger partial charge in [-0.1, -0.05) is 6.07 Å². The molecule has 0 atom stereocenters. The van der Waals surface area contributed by atoms with Crippen LogP contribution in [-0.2, 0) is 10.0 Å². The highest BCUT2D eigenvalue weighted by molar-refractivity contribution is 7.89. The predicted octanol–water partition coefficient (Wildman–Crippen LogP) is 1.04. The molecule has 0 fully saturated rings. The molecule has 0 unspecified atom stereocenters. The van der Waals surface area contributed by atoms with E-state index in [4.69, 9.17) is 9.88 Å². The summed E-state index contributed by atoms with van der Waals surface area (Å²) in [6.07, 6.45) is 0. The number of sulfonamides is 1. The summed E-state index contributed by atoms with van der Waals surface area (Å²) < 4.78 is 27.5. The lowest BCUT2D eigenvalue weighted by molar-refractivity contribution is 0.331. The highest BCUT2D eigenvalue weighted by Crippen LogP contribution is 2.23.